The number of aromatic hydroxyl groups is 1. The number of aromatic nitrogens is 2. The Kier molecular flexibility index (Phi) is 9.54. The number of hydrogen-bond acceptors (Lipinski definition) is 5. The summed E-state index contributed by atoms with van der Waals surface area (Å²) in [5, 5.41) is 10.5. The first-order valence-corrected chi connectivity index (χ1v) is 14.6. The molecule has 0 saturated carbocycles. The van der Waals surface area contributed by atoms with Crippen molar-refractivity contribution in [3.05, 3.63) is 126 Å². The number of nitrogens with two attached hydrogens (primary N) is 1. The minimum atomic E-state index is -0.650. The number of rotatable bonds is 13. The number of carbonyl (C=O) groups excluding carboxylic acids is 1. The summed E-state index contributed by atoms with van der Waals surface area (Å²) in [4.78, 5) is 19.3. The van der Waals surface area contributed by atoms with Crippen molar-refractivity contribution in [1.29, 1.82) is 0 Å². The van der Waals surface area contributed by atoms with Gasteiger partial charge >= 0.3 is 0 Å². The van der Waals surface area contributed by atoms with Crippen LogP contribution >= 0.6 is 0 Å². The molecule has 220 valence electrons. The number of carbonyl (C=O) groups is 1. The second kappa shape index (κ2) is 13.9. The molecule has 0 radical (unpaired) electrons. The molecule has 0 saturated heterocycles. The standard InChI is InChI=1S/C36H38N4O3/c1-3-4-21-40-32(34(28-16-18-30(43-2)19-17-28)38-36(40)29-13-9-6-10-14-29)25-39(23-26-11-7-5-8-12-26)24-27-15-20-31(35(37)42)33(41)22-27/h5-20,22,41H,3-4,21,23-25H2,1-2H3,(H2,37,42). The first-order chi connectivity index (χ1) is 21.0. The number of hydrogen-bond donors (Lipinski definition) is 2. The molecule has 5 aromatic rings. The molecule has 43 heavy (non-hydrogen) atoms. The molecular formula is C36H38N4O3. The second-order valence-electron chi connectivity index (χ2n) is 10.7. The largest absolute Gasteiger partial charge is 0.507 e. The quantitative estimate of drug-likeness (QED) is 0.157. The molecule has 4 aromatic carbocycles. The van der Waals surface area contributed by atoms with E-state index in [0.717, 1.165) is 59.0 Å². The first-order valence-electron chi connectivity index (χ1n) is 14.6. The number of amides is 1. The summed E-state index contributed by atoms with van der Waals surface area (Å²) >= 11 is 0. The zero-order valence-corrected chi connectivity index (χ0v) is 24.7. The highest BCUT2D eigenvalue weighted by atomic mass is 16.5. The van der Waals surface area contributed by atoms with E-state index in [1.54, 1.807) is 19.2 Å². The number of phenols is 1. The zero-order valence-electron chi connectivity index (χ0n) is 24.7. The zero-order chi connectivity index (χ0) is 30.2. The summed E-state index contributed by atoms with van der Waals surface area (Å²) in [6.07, 6.45) is 2.08. The third kappa shape index (κ3) is 7.13. The highest BCUT2D eigenvalue weighted by Crippen LogP contribution is 2.33. The predicted octanol–water partition coefficient (Wildman–Crippen LogP) is 7.03. The topological polar surface area (TPSA) is 93.6 Å². The lowest BCUT2D eigenvalue weighted by molar-refractivity contribution is 0.0997. The van der Waals surface area contributed by atoms with E-state index < -0.39 is 5.91 Å². The lowest BCUT2D eigenvalue weighted by Gasteiger charge is -2.25. The molecule has 0 spiro atoms. The molecule has 0 atom stereocenters. The molecule has 1 heterocycles. The van der Waals surface area contributed by atoms with E-state index in [9.17, 15) is 9.90 Å². The molecule has 7 nitrogen and oxygen atoms in total. The van der Waals surface area contributed by atoms with Crippen molar-refractivity contribution in [2.24, 2.45) is 5.73 Å². The van der Waals surface area contributed by atoms with E-state index in [0.29, 0.717) is 19.6 Å². The summed E-state index contributed by atoms with van der Waals surface area (Å²) < 4.78 is 7.80. The average molecular weight is 575 g/mol. The molecule has 1 amide bonds. The van der Waals surface area contributed by atoms with Crippen molar-refractivity contribution in [1.82, 2.24) is 14.5 Å². The number of benzene rings is 4. The van der Waals surface area contributed by atoms with Crippen LogP contribution in [0.2, 0.25) is 0 Å². The maximum Gasteiger partial charge on any atom is 0.252 e. The summed E-state index contributed by atoms with van der Waals surface area (Å²) in [5.74, 6) is 0.979. The normalized spacial score (nSPS) is 11.1. The second-order valence-corrected chi connectivity index (χ2v) is 10.7. The van der Waals surface area contributed by atoms with Crippen molar-refractivity contribution >= 4 is 5.91 Å². The molecular weight excluding hydrogens is 536 g/mol. The smallest absolute Gasteiger partial charge is 0.252 e. The van der Waals surface area contributed by atoms with E-state index in [4.69, 9.17) is 15.5 Å². The Morgan fingerprint density at radius 1 is 0.860 bits per heavy atom. The van der Waals surface area contributed by atoms with Crippen LogP contribution < -0.4 is 10.5 Å². The van der Waals surface area contributed by atoms with Crippen LogP contribution in [0.4, 0.5) is 0 Å². The Labute approximate surface area is 253 Å². The van der Waals surface area contributed by atoms with Gasteiger partial charge in [0.15, 0.2) is 0 Å². The van der Waals surface area contributed by atoms with Gasteiger partial charge in [-0.3, -0.25) is 9.69 Å². The summed E-state index contributed by atoms with van der Waals surface area (Å²) in [7, 11) is 1.67. The monoisotopic (exact) mass is 574 g/mol. The first kappa shape index (κ1) is 29.6. The fourth-order valence-electron chi connectivity index (χ4n) is 5.35. The summed E-state index contributed by atoms with van der Waals surface area (Å²) in [6, 6.07) is 33.8. The van der Waals surface area contributed by atoms with Crippen LogP contribution in [0.25, 0.3) is 22.6 Å². The van der Waals surface area contributed by atoms with Crippen molar-refractivity contribution < 1.29 is 14.6 Å². The summed E-state index contributed by atoms with van der Waals surface area (Å²) in [5.41, 5.74) is 11.8. The lowest BCUT2D eigenvalue weighted by Crippen LogP contribution is -2.24. The van der Waals surface area contributed by atoms with Crippen LogP contribution in [0, 0.1) is 0 Å². The van der Waals surface area contributed by atoms with Crippen LogP contribution in [0.5, 0.6) is 11.5 Å². The predicted molar refractivity (Wildman–Crippen MR) is 171 cm³/mol. The Bertz CT molecular complexity index is 1650. The van der Waals surface area contributed by atoms with Gasteiger partial charge in [0, 0.05) is 37.3 Å². The number of unbranched alkanes of at least 4 members (excludes halogenated alkanes) is 1. The van der Waals surface area contributed by atoms with Crippen molar-refractivity contribution in [2.75, 3.05) is 7.11 Å². The minimum absolute atomic E-state index is 0.108. The number of primary amides is 1. The molecule has 5 rings (SSSR count). The van der Waals surface area contributed by atoms with Gasteiger partial charge < -0.3 is 20.1 Å². The van der Waals surface area contributed by atoms with Gasteiger partial charge in [-0.05, 0) is 53.9 Å². The minimum Gasteiger partial charge on any atom is -0.507 e. The van der Waals surface area contributed by atoms with Gasteiger partial charge in [0.1, 0.15) is 17.3 Å². The Balaban J connectivity index is 1.62. The molecule has 7 heteroatoms. The van der Waals surface area contributed by atoms with Gasteiger partial charge in [0.25, 0.3) is 5.91 Å². The molecule has 0 fully saturated rings. The van der Waals surface area contributed by atoms with Crippen LogP contribution in [-0.4, -0.2) is 32.6 Å². The van der Waals surface area contributed by atoms with Gasteiger partial charge in [-0.1, -0.05) is 80.1 Å². The fraction of sp³-hybridized carbons (Fsp3) is 0.222. The van der Waals surface area contributed by atoms with E-state index in [1.807, 2.05) is 54.6 Å². The Morgan fingerprint density at radius 2 is 1.53 bits per heavy atom. The third-order valence-corrected chi connectivity index (χ3v) is 7.56. The van der Waals surface area contributed by atoms with Crippen LogP contribution in [0.3, 0.4) is 0 Å². The fourth-order valence-corrected chi connectivity index (χ4v) is 5.35. The van der Waals surface area contributed by atoms with Crippen LogP contribution in [-0.2, 0) is 26.2 Å². The van der Waals surface area contributed by atoms with Gasteiger partial charge in [-0.25, -0.2) is 4.98 Å². The molecule has 0 aliphatic heterocycles. The Hall–Kier alpha value is -4.88. The number of ether oxygens (including phenoxy) is 1. The third-order valence-electron chi connectivity index (χ3n) is 7.56. The van der Waals surface area contributed by atoms with Gasteiger partial charge in [-0.2, -0.15) is 0 Å². The average Bonchev–Trinajstić information content (AvgIpc) is 3.38. The van der Waals surface area contributed by atoms with Gasteiger partial charge in [0.2, 0.25) is 0 Å². The van der Waals surface area contributed by atoms with Crippen molar-refractivity contribution in [3.63, 3.8) is 0 Å². The molecule has 3 N–H and O–H groups in total. The maximum absolute atomic E-state index is 11.7. The molecule has 0 bridgehead atoms. The van der Waals surface area contributed by atoms with Crippen molar-refractivity contribution in [2.45, 2.75) is 45.9 Å². The van der Waals surface area contributed by atoms with Crippen LogP contribution in [0.15, 0.2) is 103 Å². The summed E-state index contributed by atoms with van der Waals surface area (Å²) in [6.45, 7) is 4.88. The Morgan fingerprint density at radius 3 is 2.16 bits per heavy atom. The molecule has 0 unspecified atom stereocenters. The van der Waals surface area contributed by atoms with E-state index >= 15 is 0 Å². The highest BCUT2D eigenvalue weighted by molar-refractivity contribution is 5.95. The highest BCUT2D eigenvalue weighted by Gasteiger charge is 2.22. The SMILES string of the molecule is CCCCn1c(-c2ccccc2)nc(-c2ccc(OC)cc2)c1CN(Cc1ccccc1)Cc1ccc(C(N)=O)c(O)c1. The lowest BCUT2D eigenvalue weighted by atomic mass is 10.1. The number of nitrogens with zero attached hydrogens (tertiary/aromatic N) is 3. The van der Waals surface area contributed by atoms with E-state index in [1.165, 1.54) is 5.56 Å². The maximum atomic E-state index is 11.7. The van der Waals surface area contributed by atoms with Gasteiger partial charge in [0.05, 0.1) is 24.1 Å². The molecule has 1 aromatic heterocycles. The van der Waals surface area contributed by atoms with E-state index in [-0.39, 0.29) is 11.3 Å². The number of methoxy groups -OCH3 is 1. The van der Waals surface area contributed by atoms with Crippen molar-refractivity contribution in [3.8, 4) is 34.1 Å². The number of imidazole rings is 1. The van der Waals surface area contributed by atoms with Crippen LogP contribution in [0.1, 0.15) is 46.9 Å². The van der Waals surface area contributed by atoms with E-state index in [2.05, 4.69) is 52.8 Å². The van der Waals surface area contributed by atoms with Gasteiger partial charge in [-0.15, -0.1) is 0 Å². The molecule has 0 aliphatic rings. The molecule has 0 aliphatic carbocycles.